The van der Waals surface area contributed by atoms with Crippen LogP contribution < -0.4 is 20.1 Å². The molecule has 0 aromatic heterocycles. The highest BCUT2D eigenvalue weighted by Gasteiger charge is 2.37. The van der Waals surface area contributed by atoms with Gasteiger partial charge in [-0.05, 0) is 33.3 Å². The van der Waals surface area contributed by atoms with Gasteiger partial charge in [-0.2, -0.15) is 0 Å². The van der Waals surface area contributed by atoms with Gasteiger partial charge in [0, 0.05) is 5.70 Å². The minimum Gasteiger partial charge on any atom is -0.493 e. The predicted molar refractivity (Wildman–Crippen MR) is 104 cm³/mol. The lowest BCUT2D eigenvalue weighted by Gasteiger charge is -2.28. The Morgan fingerprint density at radius 2 is 2.00 bits per heavy atom. The smallest absolute Gasteiger partial charge is 0.338 e. The number of carbonyl (C=O) groups is 2. The summed E-state index contributed by atoms with van der Waals surface area (Å²) in [5.74, 6) is -0.228. The van der Waals surface area contributed by atoms with Gasteiger partial charge in [0.2, 0.25) is 0 Å². The van der Waals surface area contributed by atoms with Crippen LogP contribution in [0.1, 0.15) is 45.7 Å². The fourth-order valence-corrected chi connectivity index (χ4v) is 2.91. The molecule has 2 N–H and O–H groups in total. The highest BCUT2D eigenvalue weighted by molar-refractivity contribution is 5.95. The van der Waals surface area contributed by atoms with Crippen molar-refractivity contribution in [2.24, 2.45) is 0 Å². The van der Waals surface area contributed by atoms with Gasteiger partial charge in [0.1, 0.15) is 0 Å². The number of esters is 1. The molecule has 0 aliphatic carbocycles. The van der Waals surface area contributed by atoms with E-state index in [-0.39, 0.29) is 34.0 Å². The van der Waals surface area contributed by atoms with Crippen LogP contribution >= 0.6 is 0 Å². The molecule has 0 spiro atoms. The van der Waals surface area contributed by atoms with E-state index in [4.69, 9.17) is 14.2 Å². The van der Waals surface area contributed by atoms with Crippen molar-refractivity contribution in [2.45, 2.75) is 46.3 Å². The molecule has 158 valence electrons. The van der Waals surface area contributed by atoms with E-state index in [2.05, 4.69) is 10.6 Å². The van der Waals surface area contributed by atoms with Gasteiger partial charge in [-0.15, -0.1) is 0 Å². The van der Waals surface area contributed by atoms with Crippen LogP contribution in [0.25, 0.3) is 0 Å². The molecule has 2 amide bonds. The van der Waals surface area contributed by atoms with E-state index < -0.39 is 29.1 Å². The zero-order chi connectivity index (χ0) is 21.7. The summed E-state index contributed by atoms with van der Waals surface area (Å²) in [7, 11) is 1.37. The highest BCUT2D eigenvalue weighted by atomic mass is 16.6. The average molecular weight is 407 g/mol. The monoisotopic (exact) mass is 407 g/mol. The molecule has 0 bridgehead atoms. The van der Waals surface area contributed by atoms with E-state index in [1.807, 2.05) is 6.92 Å². The Bertz CT molecular complexity index is 848. The summed E-state index contributed by atoms with van der Waals surface area (Å²) in [6.45, 7) is 7.18. The number of allylic oxidation sites excluding steroid dienone is 1. The Labute approximate surface area is 168 Å². The lowest BCUT2D eigenvalue weighted by Crippen LogP contribution is -2.45. The number of benzene rings is 1. The lowest BCUT2D eigenvalue weighted by molar-refractivity contribution is -0.385. The molecule has 1 unspecified atom stereocenters. The fourth-order valence-electron chi connectivity index (χ4n) is 2.91. The number of methoxy groups -OCH3 is 1. The molecular weight excluding hydrogens is 382 g/mol. The molecular formula is C19H25N3O7. The second-order valence-corrected chi connectivity index (χ2v) is 6.69. The number of rotatable bonds is 8. The SMILES string of the molecule is CCCOc1cc(C2NC(=O)NC(C)=C2C(=O)OC(C)C)c([N+](=O)[O-])cc1OC. The molecule has 1 aliphatic rings. The zero-order valence-electron chi connectivity index (χ0n) is 17.0. The molecule has 0 saturated carbocycles. The first-order valence-corrected chi connectivity index (χ1v) is 9.17. The topological polar surface area (TPSA) is 129 Å². The number of nitrogens with zero attached hydrogens (tertiary/aromatic N) is 1. The maximum atomic E-state index is 12.7. The first-order valence-electron chi connectivity index (χ1n) is 9.17. The number of urea groups is 1. The average Bonchev–Trinajstić information content (AvgIpc) is 2.64. The number of nitro benzene ring substituents is 1. The van der Waals surface area contributed by atoms with Gasteiger partial charge in [-0.25, -0.2) is 9.59 Å². The van der Waals surface area contributed by atoms with Gasteiger partial charge in [0.05, 0.1) is 48.0 Å². The highest BCUT2D eigenvalue weighted by Crippen LogP contribution is 2.41. The van der Waals surface area contributed by atoms with Crippen molar-refractivity contribution in [3.8, 4) is 11.5 Å². The summed E-state index contributed by atoms with van der Waals surface area (Å²) in [5.41, 5.74) is 0.103. The first kappa shape index (κ1) is 22.0. The summed E-state index contributed by atoms with van der Waals surface area (Å²) >= 11 is 0. The number of hydrogen-bond acceptors (Lipinski definition) is 7. The molecule has 2 rings (SSSR count). The second-order valence-electron chi connectivity index (χ2n) is 6.69. The number of hydrogen-bond donors (Lipinski definition) is 2. The molecule has 0 radical (unpaired) electrons. The number of nitrogens with one attached hydrogen (secondary N) is 2. The summed E-state index contributed by atoms with van der Waals surface area (Å²) < 4.78 is 16.1. The van der Waals surface area contributed by atoms with E-state index in [0.717, 1.165) is 0 Å². The minimum absolute atomic E-state index is 0.0769. The third-order valence-electron chi connectivity index (χ3n) is 4.11. The van der Waals surface area contributed by atoms with E-state index in [9.17, 15) is 19.7 Å². The summed E-state index contributed by atoms with van der Waals surface area (Å²) in [4.78, 5) is 35.9. The van der Waals surface area contributed by atoms with Crippen molar-refractivity contribution in [3.63, 3.8) is 0 Å². The third-order valence-corrected chi connectivity index (χ3v) is 4.11. The molecule has 29 heavy (non-hydrogen) atoms. The van der Waals surface area contributed by atoms with E-state index >= 15 is 0 Å². The van der Waals surface area contributed by atoms with Gasteiger partial charge in [0.25, 0.3) is 5.69 Å². The van der Waals surface area contributed by atoms with Crippen molar-refractivity contribution in [1.29, 1.82) is 0 Å². The van der Waals surface area contributed by atoms with Crippen molar-refractivity contribution in [2.75, 3.05) is 13.7 Å². The quantitative estimate of drug-likeness (QED) is 0.385. The number of ether oxygens (including phenoxy) is 3. The van der Waals surface area contributed by atoms with Gasteiger partial charge in [0.15, 0.2) is 11.5 Å². The molecule has 1 atom stereocenters. The van der Waals surface area contributed by atoms with Crippen LogP contribution in [0.4, 0.5) is 10.5 Å². The minimum atomic E-state index is -1.09. The van der Waals surface area contributed by atoms with E-state index in [1.54, 1.807) is 13.8 Å². The Kier molecular flexibility index (Phi) is 7.03. The number of amides is 2. The van der Waals surface area contributed by atoms with Gasteiger partial charge in [-0.1, -0.05) is 6.92 Å². The Morgan fingerprint density at radius 1 is 1.31 bits per heavy atom. The van der Waals surface area contributed by atoms with E-state index in [0.29, 0.717) is 13.0 Å². The zero-order valence-corrected chi connectivity index (χ0v) is 17.0. The molecule has 10 heteroatoms. The summed E-state index contributed by atoms with van der Waals surface area (Å²) in [6.07, 6.45) is 0.306. The molecule has 0 saturated heterocycles. The Morgan fingerprint density at radius 3 is 2.55 bits per heavy atom. The van der Waals surface area contributed by atoms with Crippen molar-refractivity contribution < 1.29 is 28.7 Å². The number of nitro groups is 1. The molecule has 0 fully saturated rings. The van der Waals surface area contributed by atoms with Crippen LogP contribution in [0.3, 0.4) is 0 Å². The van der Waals surface area contributed by atoms with Crippen LogP contribution in [0, 0.1) is 10.1 Å². The van der Waals surface area contributed by atoms with Crippen LogP contribution in [0.5, 0.6) is 11.5 Å². The summed E-state index contributed by atoms with van der Waals surface area (Å²) in [6, 6.07) is 0.952. The Balaban J connectivity index is 2.66. The third kappa shape index (κ3) is 4.95. The van der Waals surface area contributed by atoms with Crippen molar-refractivity contribution in [1.82, 2.24) is 10.6 Å². The van der Waals surface area contributed by atoms with Gasteiger partial charge < -0.3 is 24.8 Å². The normalized spacial score (nSPS) is 16.2. The molecule has 1 aromatic carbocycles. The van der Waals surface area contributed by atoms with Crippen LogP contribution in [-0.2, 0) is 9.53 Å². The van der Waals surface area contributed by atoms with Crippen molar-refractivity contribution >= 4 is 17.7 Å². The van der Waals surface area contributed by atoms with Gasteiger partial charge in [-0.3, -0.25) is 10.1 Å². The Hall–Kier alpha value is -3.30. The fraction of sp³-hybridized carbons (Fsp3) is 0.474. The molecule has 10 nitrogen and oxygen atoms in total. The maximum absolute atomic E-state index is 12.7. The van der Waals surface area contributed by atoms with Crippen LogP contribution in [-0.4, -0.2) is 36.7 Å². The molecule has 1 heterocycles. The van der Waals surface area contributed by atoms with Gasteiger partial charge >= 0.3 is 12.0 Å². The van der Waals surface area contributed by atoms with Crippen LogP contribution in [0.15, 0.2) is 23.4 Å². The maximum Gasteiger partial charge on any atom is 0.338 e. The van der Waals surface area contributed by atoms with Crippen LogP contribution in [0.2, 0.25) is 0 Å². The second kappa shape index (κ2) is 9.26. The van der Waals surface area contributed by atoms with E-state index in [1.165, 1.54) is 26.2 Å². The largest absolute Gasteiger partial charge is 0.493 e. The molecule has 1 aromatic rings. The first-order chi connectivity index (χ1) is 13.7. The van der Waals surface area contributed by atoms with Crippen molar-refractivity contribution in [3.05, 3.63) is 39.1 Å². The lowest BCUT2D eigenvalue weighted by atomic mass is 9.93. The standard InChI is InChI=1S/C19H25N3O7/c1-6-7-28-15-8-12(13(22(25)26)9-14(15)27-5)17-16(18(23)29-10(2)3)11(4)20-19(24)21-17/h8-10,17H,6-7H2,1-5H3,(H2,20,21,24). The number of carbonyl (C=O) groups excluding carboxylic acids is 2. The molecule has 1 aliphatic heterocycles. The summed E-state index contributed by atoms with van der Waals surface area (Å²) in [5, 5.41) is 16.8. The predicted octanol–water partition coefficient (Wildman–Crippen LogP) is 2.97.